The van der Waals surface area contributed by atoms with Gasteiger partial charge < -0.3 is 9.15 Å². The second kappa shape index (κ2) is 4.91. The first-order valence-corrected chi connectivity index (χ1v) is 6.27. The third-order valence-electron chi connectivity index (χ3n) is 3.18. The largest absolute Gasteiger partial charge is 0.416 e. The molecule has 3 rings (SSSR count). The topological polar surface area (TPSA) is 52.3 Å². The standard InChI is InChI=1S/C14H10F3NO3/c15-14(16,17)10-2-1-3-11(12(10)8-4-5-8)21-13-18-9(6-19)7-20-13/h1-3,6-8H,4-5H2. The van der Waals surface area contributed by atoms with Gasteiger partial charge in [0.1, 0.15) is 17.7 Å². The van der Waals surface area contributed by atoms with Gasteiger partial charge in [-0.15, -0.1) is 0 Å². The number of aldehydes is 1. The van der Waals surface area contributed by atoms with E-state index >= 15 is 0 Å². The first kappa shape index (κ1) is 13.7. The molecule has 0 amide bonds. The lowest BCUT2D eigenvalue weighted by molar-refractivity contribution is -0.138. The van der Waals surface area contributed by atoms with Crippen molar-refractivity contribution in [2.24, 2.45) is 0 Å². The molecule has 1 aliphatic rings. The second-order valence-corrected chi connectivity index (χ2v) is 4.75. The number of hydrogen-bond donors (Lipinski definition) is 0. The van der Waals surface area contributed by atoms with E-state index in [1.54, 1.807) is 0 Å². The van der Waals surface area contributed by atoms with Gasteiger partial charge in [0.15, 0.2) is 6.29 Å². The summed E-state index contributed by atoms with van der Waals surface area (Å²) in [6.07, 6.45) is -1.78. The Morgan fingerprint density at radius 2 is 2.10 bits per heavy atom. The number of nitrogens with zero attached hydrogens (tertiary/aromatic N) is 1. The normalized spacial score (nSPS) is 15.0. The van der Waals surface area contributed by atoms with Gasteiger partial charge in [-0.25, -0.2) is 0 Å². The maximum absolute atomic E-state index is 13.1. The van der Waals surface area contributed by atoms with Crippen LogP contribution in [0.2, 0.25) is 0 Å². The van der Waals surface area contributed by atoms with E-state index in [4.69, 9.17) is 9.15 Å². The van der Waals surface area contributed by atoms with Gasteiger partial charge in [-0.1, -0.05) is 6.07 Å². The van der Waals surface area contributed by atoms with Gasteiger partial charge in [0, 0.05) is 5.56 Å². The van der Waals surface area contributed by atoms with Crippen LogP contribution in [0.5, 0.6) is 11.8 Å². The number of hydrogen-bond acceptors (Lipinski definition) is 4. The molecule has 110 valence electrons. The smallest absolute Gasteiger partial charge is 0.416 e. The third kappa shape index (κ3) is 2.76. The molecule has 0 radical (unpaired) electrons. The Morgan fingerprint density at radius 3 is 2.67 bits per heavy atom. The van der Waals surface area contributed by atoms with Gasteiger partial charge in [0.05, 0.1) is 5.56 Å². The maximum Gasteiger partial charge on any atom is 0.416 e. The van der Waals surface area contributed by atoms with E-state index in [0.717, 1.165) is 12.3 Å². The molecule has 1 saturated carbocycles. The number of rotatable bonds is 4. The molecule has 0 saturated heterocycles. The minimum Gasteiger partial charge on any atom is -0.416 e. The highest BCUT2D eigenvalue weighted by atomic mass is 19.4. The minimum atomic E-state index is -4.44. The molecule has 0 bridgehead atoms. The average molecular weight is 297 g/mol. The molecule has 1 fully saturated rings. The maximum atomic E-state index is 13.1. The molecule has 2 aromatic rings. The van der Waals surface area contributed by atoms with Gasteiger partial charge in [-0.2, -0.15) is 18.2 Å². The number of carbonyl (C=O) groups excluding carboxylic acids is 1. The van der Waals surface area contributed by atoms with Crippen LogP contribution < -0.4 is 4.74 Å². The Balaban J connectivity index is 1.99. The van der Waals surface area contributed by atoms with Crippen molar-refractivity contribution in [3.05, 3.63) is 41.3 Å². The molecule has 0 spiro atoms. The molecular formula is C14H10F3NO3. The quantitative estimate of drug-likeness (QED) is 0.794. The number of oxazole rings is 1. The van der Waals surface area contributed by atoms with E-state index in [0.29, 0.717) is 19.1 Å². The van der Waals surface area contributed by atoms with Crippen molar-refractivity contribution in [2.75, 3.05) is 0 Å². The SMILES string of the molecule is O=Cc1coc(Oc2cccc(C(F)(F)F)c2C2CC2)n1. The first-order chi connectivity index (χ1) is 9.99. The van der Waals surface area contributed by atoms with Gasteiger partial charge in [0.2, 0.25) is 0 Å². The van der Waals surface area contributed by atoms with Crippen molar-refractivity contribution >= 4 is 6.29 Å². The van der Waals surface area contributed by atoms with Crippen LogP contribution >= 0.6 is 0 Å². The fourth-order valence-corrected chi connectivity index (χ4v) is 2.14. The molecule has 4 nitrogen and oxygen atoms in total. The van der Waals surface area contributed by atoms with E-state index in [1.807, 2.05) is 0 Å². The van der Waals surface area contributed by atoms with Gasteiger partial charge in [0.25, 0.3) is 0 Å². The highest BCUT2D eigenvalue weighted by molar-refractivity contribution is 5.71. The molecule has 1 heterocycles. The van der Waals surface area contributed by atoms with Crippen LogP contribution in [0, 0.1) is 0 Å². The predicted molar refractivity (Wildman–Crippen MR) is 65.4 cm³/mol. The second-order valence-electron chi connectivity index (χ2n) is 4.75. The van der Waals surface area contributed by atoms with Crippen LogP contribution in [0.15, 0.2) is 28.9 Å². The van der Waals surface area contributed by atoms with Crippen LogP contribution in [0.3, 0.4) is 0 Å². The summed E-state index contributed by atoms with van der Waals surface area (Å²) in [7, 11) is 0. The number of carbonyl (C=O) groups is 1. The molecular weight excluding hydrogens is 287 g/mol. The molecule has 7 heteroatoms. The van der Waals surface area contributed by atoms with E-state index < -0.39 is 11.7 Å². The van der Waals surface area contributed by atoms with Crippen molar-refractivity contribution in [1.29, 1.82) is 0 Å². The van der Waals surface area contributed by atoms with Crippen LogP contribution in [0.1, 0.15) is 40.4 Å². The van der Waals surface area contributed by atoms with E-state index in [9.17, 15) is 18.0 Å². The van der Waals surface area contributed by atoms with Crippen molar-refractivity contribution in [3.63, 3.8) is 0 Å². The monoisotopic (exact) mass is 297 g/mol. The fraction of sp³-hybridized carbons (Fsp3) is 0.286. The first-order valence-electron chi connectivity index (χ1n) is 6.27. The number of alkyl halides is 3. The summed E-state index contributed by atoms with van der Waals surface area (Å²) in [6, 6.07) is 3.74. The van der Waals surface area contributed by atoms with Crippen molar-refractivity contribution < 1.29 is 27.1 Å². The Kier molecular flexibility index (Phi) is 3.19. The Hall–Kier alpha value is -2.31. The zero-order valence-electron chi connectivity index (χ0n) is 10.7. The van der Waals surface area contributed by atoms with Crippen molar-refractivity contribution in [3.8, 4) is 11.8 Å². The zero-order valence-corrected chi connectivity index (χ0v) is 10.7. The lowest BCUT2D eigenvalue weighted by Gasteiger charge is -2.15. The summed E-state index contributed by atoms with van der Waals surface area (Å²) >= 11 is 0. The van der Waals surface area contributed by atoms with Crippen molar-refractivity contribution in [2.45, 2.75) is 24.9 Å². The van der Waals surface area contributed by atoms with Crippen LogP contribution in [0.25, 0.3) is 0 Å². The number of ether oxygens (including phenoxy) is 1. The van der Waals surface area contributed by atoms with E-state index in [-0.39, 0.29) is 29.0 Å². The lowest BCUT2D eigenvalue weighted by atomic mass is 10.0. The molecule has 0 aliphatic heterocycles. The molecule has 0 atom stereocenters. The Morgan fingerprint density at radius 1 is 1.33 bits per heavy atom. The summed E-state index contributed by atoms with van der Waals surface area (Å²) in [5, 5.41) is 0. The molecule has 1 aromatic heterocycles. The summed E-state index contributed by atoms with van der Waals surface area (Å²) in [5.41, 5.74) is -0.564. The summed E-state index contributed by atoms with van der Waals surface area (Å²) in [6.45, 7) is 0. The predicted octanol–water partition coefficient (Wildman–Crippen LogP) is 4.18. The third-order valence-corrected chi connectivity index (χ3v) is 3.18. The van der Waals surface area contributed by atoms with E-state index in [2.05, 4.69) is 4.98 Å². The minimum absolute atomic E-state index is 0.0185. The Labute approximate surface area is 117 Å². The summed E-state index contributed by atoms with van der Waals surface area (Å²) < 4.78 is 49.4. The van der Waals surface area contributed by atoms with Crippen LogP contribution in [-0.4, -0.2) is 11.3 Å². The zero-order chi connectivity index (χ0) is 15.0. The fourth-order valence-electron chi connectivity index (χ4n) is 2.14. The summed E-state index contributed by atoms with van der Waals surface area (Å²) in [5.74, 6) is -0.107. The molecule has 0 unspecified atom stereocenters. The summed E-state index contributed by atoms with van der Waals surface area (Å²) in [4.78, 5) is 14.2. The van der Waals surface area contributed by atoms with Crippen LogP contribution in [-0.2, 0) is 6.18 Å². The average Bonchev–Trinajstić information content (AvgIpc) is 3.17. The molecule has 21 heavy (non-hydrogen) atoms. The van der Waals surface area contributed by atoms with Gasteiger partial charge in [-0.3, -0.25) is 4.79 Å². The number of aromatic nitrogens is 1. The highest BCUT2D eigenvalue weighted by Crippen LogP contribution is 2.50. The molecule has 1 aromatic carbocycles. The molecule has 1 aliphatic carbocycles. The van der Waals surface area contributed by atoms with Crippen molar-refractivity contribution in [1.82, 2.24) is 4.98 Å². The van der Waals surface area contributed by atoms with Crippen LogP contribution in [0.4, 0.5) is 13.2 Å². The van der Waals surface area contributed by atoms with E-state index in [1.165, 1.54) is 12.1 Å². The highest BCUT2D eigenvalue weighted by Gasteiger charge is 2.40. The lowest BCUT2D eigenvalue weighted by Crippen LogP contribution is -2.09. The van der Waals surface area contributed by atoms with Gasteiger partial charge in [-0.05, 0) is 30.9 Å². The molecule has 0 N–H and O–H groups in total. The number of benzene rings is 1. The van der Waals surface area contributed by atoms with Gasteiger partial charge >= 0.3 is 12.3 Å². The number of halogens is 3. The Bertz CT molecular complexity index is 674.